The van der Waals surface area contributed by atoms with Crippen LogP contribution in [0.5, 0.6) is 0 Å². The molecule has 2 heteroatoms. The Morgan fingerprint density at radius 2 is 2.45 bits per heavy atom. The first-order valence-corrected chi connectivity index (χ1v) is 4.37. The van der Waals surface area contributed by atoms with Crippen molar-refractivity contribution >= 4 is 11.6 Å². The summed E-state index contributed by atoms with van der Waals surface area (Å²) in [6.45, 7) is 0. The molecule has 1 aromatic rings. The molecule has 1 heterocycles. The van der Waals surface area contributed by atoms with Crippen LogP contribution in [0.4, 0.5) is 0 Å². The van der Waals surface area contributed by atoms with Crippen LogP contribution in [0.25, 0.3) is 0 Å². The fourth-order valence-electron chi connectivity index (χ4n) is 2.13. The van der Waals surface area contributed by atoms with Gasteiger partial charge >= 0.3 is 0 Å². The lowest BCUT2D eigenvalue weighted by Gasteiger charge is -2.00. The SMILES string of the molecule is Clc1cc2c(cn1)C1CC1C2. The molecule has 0 amide bonds. The van der Waals surface area contributed by atoms with Crippen LogP contribution in [0.1, 0.15) is 23.5 Å². The number of fused-ring (bicyclic) bond motifs is 3. The summed E-state index contributed by atoms with van der Waals surface area (Å²) in [5.74, 6) is 1.78. The Labute approximate surface area is 70.4 Å². The van der Waals surface area contributed by atoms with Gasteiger partial charge in [0.25, 0.3) is 0 Å². The number of pyridine rings is 1. The van der Waals surface area contributed by atoms with Crippen LogP contribution in [0, 0.1) is 5.92 Å². The maximum atomic E-state index is 5.77. The topological polar surface area (TPSA) is 12.9 Å². The zero-order chi connectivity index (χ0) is 7.42. The van der Waals surface area contributed by atoms with Crippen LogP contribution >= 0.6 is 11.6 Å². The van der Waals surface area contributed by atoms with Gasteiger partial charge in [0.05, 0.1) is 0 Å². The first kappa shape index (κ1) is 6.01. The second-order valence-electron chi connectivity index (χ2n) is 3.51. The molecule has 56 valence electrons. The van der Waals surface area contributed by atoms with Gasteiger partial charge in [0, 0.05) is 6.20 Å². The van der Waals surface area contributed by atoms with Crippen molar-refractivity contribution in [1.82, 2.24) is 4.98 Å². The second kappa shape index (κ2) is 1.78. The van der Waals surface area contributed by atoms with Crippen molar-refractivity contribution in [3.05, 3.63) is 28.5 Å². The fourth-order valence-corrected chi connectivity index (χ4v) is 2.31. The fraction of sp³-hybridized carbons (Fsp3) is 0.444. The van der Waals surface area contributed by atoms with Gasteiger partial charge in [-0.1, -0.05) is 11.6 Å². The van der Waals surface area contributed by atoms with E-state index in [9.17, 15) is 0 Å². The van der Waals surface area contributed by atoms with E-state index >= 15 is 0 Å². The number of hydrogen-bond donors (Lipinski definition) is 0. The van der Waals surface area contributed by atoms with E-state index in [1.54, 1.807) is 0 Å². The number of halogens is 1. The summed E-state index contributed by atoms with van der Waals surface area (Å²) in [4.78, 5) is 4.09. The average molecular weight is 166 g/mol. The quantitative estimate of drug-likeness (QED) is 0.538. The van der Waals surface area contributed by atoms with Crippen LogP contribution < -0.4 is 0 Å². The van der Waals surface area contributed by atoms with E-state index in [1.807, 2.05) is 12.3 Å². The predicted octanol–water partition coefficient (Wildman–Crippen LogP) is 2.39. The molecule has 2 aliphatic rings. The Morgan fingerprint density at radius 1 is 1.55 bits per heavy atom. The van der Waals surface area contributed by atoms with E-state index in [0.29, 0.717) is 5.15 Å². The minimum atomic E-state index is 0.644. The van der Waals surface area contributed by atoms with Crippen molar-refractivity contribution in [2.45, 2.75) is 18.8 Å². The number of hydrogen-bond acceptors (Lipinski definition) is 1. The number of nitrogens with zero attached hydrogens (tertiary/aromatic N) is 1. The van der Waals surface area contributed by atoms with E-state index in [1.165, 1.54) is 24.0 Å². The number of aromatic nitrogens is 1. The van der Waals surface area contributed by atoms with Gasteiger partial charge in [0.1, 0.15) is 5.15 Å². The molecule has 1 aromatic heterocycles. The third-order valence-corrected chi connectivity index (χ3v) is 3.00. The molecule has 1 saturated carbocycles. The van der Waals surface area contributed by atoms with Crippen LogP contribution in [-0.4, -0.2) is 4.98 Å². The Morgan fingerprint density at radius 3 is 3.36 bits per heavy atom. The zero-order valence-electron chi connectivity index (χ0n) is 6.05. The Kier molecular flexibility index (Phi) is 0.972. The summed E-state index contributed by atoms with van der Waals surface area (Å²) in [7, 11) is 0. The normalized spacial score (nSPS) is 31.4. The first-order valence-electron chi connectivity index (χ1n) is 3.99. The molecule has 3 rings (SSSR count). The summed E-state index contributed by atoms with van der Waals surface area (Å²) in [6, 6.07) is 2.02. The maximum Gasteiger partial charge on any atom is 0.129 e. The molecule has 0 aliphatic heterocycles. The van der Waals surface area contributed by atoms with Gasteiger partial charge in [0.2, 0.25) is 0 Å². The molecular formula is C9H8ClN. The van der Waals surface area contributed by atoms with Gasteiger partial charge in [-0.15, -0.1) is 0 Å². The van der Waals surface area contributed by atoms with Crippen LogP contribution in [0.15, 0.2) is 12.3 Å². The average Bonchev–Trinajstić information content (AvgIpc) is 2.63. The predicted molar refractivity (Wildman–Crippen MR) is 43.8 cm³/mol. The van der Waals surface area contributed by atoms with E-state index in [-0.39, 0.29) is 0 Å². The number of rotatable bonds is 0. The zero-order valence-corrected chi connectivity index (χ0v) is 6.80. The van der Waals surface area contributed by atoms with Crippen molar-refractivity contribution in [2.24, 2.45) is 5.92 Å². The molecule has 11 heavy (non-hydrogen) atoms. The summed E-state index contributed by atoms with van der Waals surface area (Å²) in [5, 5.41) is 0.644. The van der Waals surface area contributed by atoms with E-state index in [0.717, 1.165) is 11.8 Å². The Bertz CT molecular complexity index is 321. The standard InChI is InChI=1S/C9H8ClN/c10-9-3-6-1-5-2-7(5)8(6)4-11-9/h3-5,7H,1-2H2. The van der Waals surface area contributed by atoms with Gasteiger partial charge in [0.15, 0.2) is 0 Å². The minimum Gasteiger partial charge on any atom is -0.244 e. The van der Waals surface area contributed by atoms with Crippen molar-refractivity contribution < 1.29 is 0 Å². The first-order chi connectivity index (χ1) is 5.34. The largest absolute Gasteiger partial charge is 0.244 e. The highest BCUT2D eigenvalue weighted by Gasteiger charge is 2.45. The van der Waals surface area contributed by atoms with Crippen molar-refractivity contribution in [3.63, 3.8) is 0 Å². The summed E-state index contributed by atoms with van der Waals surface area (Å²) in [6.07, 6.45) is 4.58. The van der Waals surface area contributed by atoms with Gasteiger partial charge in [-0.05, 0) is 41.9 Å². The molecular weight excluding hydrogens is 158 g/mol. The molecule has 0 bridgehead atoms. The summed E-state index contributed by atoms with van der Waals surface area (Å²) < 4.78 is 0. The van der Waals surface area contributed by atoms with E-state index < -0.39 is 0 Å². The lowest BCUT2D eigenvalue weighted by Crippen LogP contribution is -1.87. The lowest BCUT2D eigenvalue weighted by atomic mass is 10.1. The van der Waals surface area contributed by atoms with Crippen molar-refractivity contribution in [2.75, 3.05) is 0 Å². The third kappa shape index (κ3) is 0.747. The van der Waals surface area contributed by atoms with Gasteiger partial charge in [-0.2, -0.15) is 0 Å². The highest BCUT2D eigenvalue weighted by molar-refractivity contribution is 6.29. The Balaban J connectivity index is 2.18. The van der Waals surface area contributed by atoms with Crippen molar-refractivity contribution in [3.8, 4) is 0 Å². The molecule has 0 spiro atoms. The van der Waals surface area contributed by atoms with E-state index in [4.69, 9.17) is 11.6 Å². The highest BCUT2D eigenvalue weighted by Crippen LogP contribution is 2.56. The second-order valence-corrected chi connectivity index (χ2v) is 3.90. The van der Waals surface area contributed by atoms with Gasteiger partial charge in [-0.25, -0.2) is 4.98 Å². The maximum absolute atomic E-state index is 5.77. The molecule has 1 fully saturated rings. The van der Waals surface area contributed by atoms with E-state index in [2.05, 4.69) is 4.98 Å². The van der Waals surface area contributed by atoms with Gasteiger partial charge in [-0.3, -0.25) is 0 Å². The van der Waals surface area contributed by atoms with Crippen LogP contribution in [0.3, 0.4) is 0 Å². The molecule has 2 atom stereocenters. The lowest BCUT2D eigenvalue weighted by molar-refractivity contribution is 0.856. The molecule has 0 radical (unpaired) electrons. The molecule has 0 N–H and O–H groups in total. The monoisotopic (exact) mass is 165 g/mol. The molecule has 2 aliphatic carbocycles. The van der Waals surface area contributed by atoms with Crippen molar-refractivity contribution in [1.29, 1.82) is 0 Å². The minimum absolute atomic E-state index is 0.644. The smallest absolute Gasteiger partial charge is 0.129 e. The highest BCUT2D eigenvalue weighted by atomic mass is 35.5. The summed E-state index contributed by atoms with van der Waals surface area (Å²) in [5.41, 5.74) is 2.89. The van der Waals surface area contributed by atoms with Crippen LogP contribution in [0.2, 0.25) is 5.15 Å². The summed E-state index contributed by atoms with van der Waals surface area (Å²) >= 11 is 5.77. The Hall–Kier alpha value is -0.560. The molecule has 0 saturated heterocycles. The molecule has 0 aromatic carbocycles. The van der Waals surface area contributed by atoms with Gasteiger partial charge < -0.3 is 0 Å². The molecule has 1 nitrogen and oxygen atoms in total. The third-order valence-electron chi connectivity index (χ3n) is 2.80. The van der Waals surface area contributed by atoms with Crippen LogP contribution in [-0.2, 0) is 6.42 Å². The molecule has 2 unspecified atom stereocenters.